The topological polar surface area (TPSA) is 69.7 Å². The molecular weight excluding hydrogens is 390 g/mol. The van der Waals surface area contributed by atoms with Crippen molar-refractivity contribution >= 4 is 28.6 Å². The van der Waals surface area contributed by atoms with Crippen molar-refractivity contribution in [2.45, 2.75) is 57.0 Å². The van der Waals surface area contributed by atoms with Crippen LogP contribution in [-0.4, -0.2) is 40.2 Å². The highest BCUT2D eigenvalue weighted by Gasteiger charge is 2.51. The number of imide groups is 1. The Morgan fingerprint density at radius 3 is 2.65 bits per heavy atom. The number of fused-ring (bicyclic) bond motifs is 1. The van der Waals surface area contributed by atoms with Gasteiger partial charge in [0, 0.05) is 11.7 Å². The van der Waals surface area contributed by atoms with E-state index >= 15 is 0 Å². The Morgan fingerprint density at radius 2 is 1.90 bits per heavy atom. The predicted octanol–water partition coefficient (Wildman–Crippen LogP) is 4.06. The summed E-state index contributed by atoms with van der Waals surface area (Å²) in [5.74, 6) is -0.545. The van der Waals surface area contributed by atoms with Crippen LogP contribution in [0, 0.1) is 0 Å². The minimum Gasteiger partial charge on any atom is -0.319 e. The van der Waals surface area contributed by atoms with Crippen LogP contribution in [0.3, 0.4) is 0 Å². The van der Waals surface area contributed by atoms with Gasteiger partial charge in [0.25, 0.3) is 5.91 Å². The fourth-order valence-electron chi connectivity index (χ4n) is 4.87. The molecule has 1 atom stereocenters. The zero-order chi connectivity index (χ0) is 21.6. The molecule has 4 amide bonds. The van der Waals surface area contributed by atoms with E-state index in [9.17, 15) is 14.4 Å². The summed E-state index contributed by atoms with van der Waals surface area (Å²) in [6.07, 6.45) is 8.20. The van der Waals surface area contributed by atoms with Crippen molar-refractivity contribution in [3.05, 3.63) is 59.8 Å². The monoisotopic (exact) mass is 417 g/mol. The van der Waals surface area contributed by atoms with Gasteiger partial charge in [-0.25, -0.2) is 4.79 Å². The van der Waals surface area contributed by atoms with Crippen LogP contribution in [0.5, 0.6) is 0 Å². The van der Waals surface area contributed by atoms with Crippen molar-refractivity contribution in [2.24, 2.45) is 0 Å². The third kappa shape index (κ3) is 3.40. The van der Waals surface area contributed by atoms with E-state index in [1.54, 1.807) is 6.92 Å². The lowest BCUT2D eigenvalue weighted by atomic mass is 9.88. The Balaban J connectivity index is 1.42. The number of hydrogen-bond acceptors (Lipinski definition) is 3. The summed E-state index contributed by atoms with van der Waals surface area (Å²) in [5.41, 5.74) is 0.600. The van der Waals surface area contributed by atoms with Gasteiger partial charge in [-0.3, -0.25) is 14.5 Å². The Hall–Kier alpha value is -3.15. The molecule has 1 heterocycles. The van der Waals surface area contributed by atoms with Crippen LogP contribution in [0.2, 0.25) is 0 Å². The van der Waals surface area contributed by atoms with Crippen LogP contribution < -0.4 is 5.32 Å². The molecule has 5 rings (SSSR count). The van der Waals surface area contributed by atoms with Crippen LogP contribution in [0.15, 0.2) is 54.2 Å². The smallest absolute Gasteiger partial charge is 0.319 e. The van der Waals surface area contributed by atoms with Crippen molar-refractivity contribution in [2.75, 3.05) is 6.54 Å². The minimum absolute atomic E-state index is 0.165. The molecule has 31 heavy (non-hydrogen) atoms. The Morgan fingerprint density at radius 1 is 1.13 bits per heavy atom. The van der Waals surface area contributed by atoms with E-state index in [4.69, 9.17) is 0 Å². The molecule has 0 aromatic heterocycles. The first-order valence-corrected chi connectivity index (χ1v) is 11.1. The number of nitrogens with one attached hydrogen (secondary N) is 1. The molecule has 1 N–H and O–H groups in total. The molecule has 3 aliphatic rings. The Kier molecular flexibility index (Phi) is 4.80. The number of benzene rings is 2. The van der Waals surface area contributed by atoms with Crippen LogP contribution in [0.25, 0.3) is 10.8 Å². The summed E-state index contributed by atoms with van der Waals surface area (Å²) < 4.78 is 0. The second-order valence-electron chi connectivity index (χ2n) is 8.91. The Bertz CT molecular complexity index is 1100. The second-order valence-corrected chi connectivity index (χ2v) is 8.91. The number of rotatable bonds is 5. The SMILES string of the molecule is C[C@@]1(c2cccc3ccccc23)NC(=O)N(CC(=O)N(C2=CCCCC2)C2CC2)C1=O. The van der Waals surface area contributed by atoms with E-state index in [1.165, 1.54) is 0 Å². The van der Waals surface area contributed by atoms with E-state index in [1.807, 2.05) is 47.4 Å². The summed E-state index contributed by atoms with van der Waals surface area (Å²) in [7, 11) is 0. The molecule has 2 fully saturated rings. The van der Waals surface area contributed by atoms with Gasteiger partial charge in [-0.15, -0.1) is 0 Å². The first-order chi connectivity index (χ1) is 15.0. The number of amides is 4. The molecule has 2 aliphatic carbocycles. The molecule has 1 saturated carbocycles. The lowest BCUT2D eigenvalue weighted by molar-refractivity contribution is -0.138. The van der Waals surface area contributed by atoms with Gasteiger partial charge in [0.05, 0.1) is 0 Å². The minimum atomic E-state index is -1.20. The molecule has 1 saturated heterocycles. The Labute approximate surface area is 181 Å². The summed E-state index contributed by atoms with van der Waals surface area (Å²) in [6, 6.07) is 13.2. The van der Waals surface area contributed by atoms with Gasteiger partial charge in [0.15, 0.2) is 0 Å². The van der Waals surface area contributed by atoms with Crippen LogP contribution in [0.4, 0.5) is 4.79 Å². The third-order valence-corrected chi connectivity index (χ3v) is 6.65. The van der Waals surface area contributed by atoms with Crippen molar-refractivity contribution in [1.29, 1.82) is 0 Å². The fraction of sp³-hybridized carbons (Fsp3) is 0.400. The summed E-state index contributed by atoms with van der Waals surface area (Å²) in [5, 5.41) is 4.78. The van der Waals surface area contributed by atoms with Crippen LogP contribution in [-0.2, 0) is 15.1 Å². The molecule has 6 heteroatoms. The highest BCUT2D eigenvalue weighted by Crippen LogP contribution is 2.36. The molecule has 0 spiro atoms. The van der Waals surface area contributed by atoms with Crippen molar-refractivity contribution in [3.8, 4) is 0 Å². The number of nitrogens with zero attached hydrogens (tertiary/aromatic N) is 2. The second kappa shape index (κ2) is 7.52. The molecule has 2 aromatic carbocycles. The highest BCUT2D eigenvalue weighted by atomic mass is 16.2. The van der Waals surface area contributed by atoms with Gasteiger partial charge in [-0.05, 0) is 61.8 Å². The maximum absolute atomic E-state index is 13.5. The van der Waals surface area contributed by atoms with Crippen molar-refractivity contribution < 1.29 is 14.4 Å². The van der Waals surface area contributed by atoms with Crippen molar-refractivity contribution in [3.63, 3.8) is 0 Å². The largest absolute Gasteiger partial charge is 0.325 e. The predicted molar refractivity (Wildman–Crippen MR) is 118 cm³/mol. The van der Waals surface area contributed by atoms with Gasteiger partial charge < -0.3 is 10.2 Å². The average molecular weight is 418 g/mol. The number of hydrogen-bond donors (Lipinski definition) is 1. The highest BCUT2D eigenvalue weighted by molar-refractivity contribution is 6.10. The normalized spacial score (nSPS) is 23.6. The summed E-state index contributed by atoms with van der Waals surface area (Å²) in [6.45, 7) is 1.50. The average Bonchev–Trinajstić information content (AvgIpc) is 3.59. The maximum atomic E-state index is 13.5. The molecule has 0 unspecified atom stereocenters. The molecule has 2 aromatic rings. The molecule has 160 valence electrons. The lowest BCUT2D eigenvalue weighted by Crippen LogP contribution is -2.45. The summed E-state index contributed by atoms with van der Waals surface area (Å²) in [4.78, 5) is 42.5. The van der Waals surface area contributed by atoms with E-state index < -0.39 is 11.6 Å². The van der Waals surface area contributed by atoms with Gasteiger partial charge in [0.1, 0.15) is 12.1 Å². The number of allylic oxidation sites excluding steroid dienone is 2. The van der Waals surface area contributed by atoms with Gasteiger partial charge in [-0.2, -0.15) is 0 Å². The quantitative estimate of drug-likeness (QED) is 0.746. The number of carbonyl (C=O) groups is 3. The van der Waals surface area contributed by atoms with Crippen LogP contribution in [0.1, 0.15) is 51.0 Å². The van der Waals surface area contributed by atoms with Crippen LogP contribution >= 0.6 is 0 Å². The number of carbonyl (C=O) groups excluding carboxylic acids is 3. The third-order valence-electron chi connectivity index (χ3n) is 6.65. The maximum Gasteiger partial charge on any atom is 0.325 e. The van der Waals surface area contributed by atoms with Gasteiger partial charge in [0.2, 0.25) is 5.91 Å². The lowest BCUT2D eigenvalue weighted by Gasteiger charge is -2.29. The molecule has 0 radical (unpaired) electrons. The van der Waals surface area contributed by atoms with E-state index in [2.05, 4.69) is 11.4 Å². The first kappa shape index (κ1) is 19.8. The van der Waals surface area contributed by atoms with E-state index in [0.29, 0.717) is 0 Å². The van der Waals surface area contributed by atoms with Crippen molar-refractivity contribution in [1.82, 2.24) is 15.1 Å². The summed E-state index contributed by atoms with van der Waals surface area (Å²) >= 11 is 0. The zero-order valence-electron chi connectivity index (χ0n) is 17.8. The standard InChI is InChI=1S/C25H27N3O3/c1-25(21-13-7-9-17-8-5-6-12-20(17)21)23(30)27(24(31)26-25)16-22(29)28(19-14-15-19)18-10-3-2-4-11-18/h5-10,12-13,19H,2-4,11,14-16H2,1H3,(H,26,31)/t25-/m0/s1. The van der Waals surface area contributed by atoms with Gasteiger partial charge in [-0.1, -0.05) is 48.5 Å². The first-order valence-electron chi connectivity index (χ1n) is 11.1. The fourth-order valence-corrected chi connectivity index (χ4v) is 4.87. The molecule has 1 aliphatic heterocycles. The number of urea groups is 1. The van der Waals surface area contributed by atoms with Gasteiger partial charge >= 0.3 is 6.03 Å². The van der Waals surface area contributed by atoms with E-state index in [0.717, 1.165) is 65.5 Å². The molecule has 6 nitrogen and oxygen atoms in total. The zero-order valence-corrected chi connectivity index (χ0v) is 17.8. The molecular formula is C25H27N3O3. The van der Waals surface area contributed by atoms with E-state index in [-0.39, 0.29) is 24.4 Å². The molecule has 0 bridgehead atoms.